The fraction of sp³-hybridized carbons (Fsp3) is 0.562. The molecule has 4 nitrogen and oxygen atoms in total. The summed E-state index contributed by atoms with van der Waals surface area (Å²) in [5.74, 6) is 0.920. The summed E-state index contributed by atoms with van der Waals surface area (Å²) >= 11 is 0. The molecule has 2 N–H and O–H groups in total. The van der Waals surface area contributed by atoms with Crippen molar-refractivity contribution in [3.8, 4) is 5.75 Å². The number of amides is 1. The van der Waals surface area contributed by atoms with Gasteiger partial charge in [-0.25, -0.2) is 0 Å². The standard InChI is InChI=1S/C16H26N2O2/c1-5-10-17-16(19)13(4)18-11-14-6-8-15(9-7-14)20-12(2)3/h6-9,12-13,18H,5,10-11H2,1-4H3,(H,17,19). The molecule has 0 radical (unpaired) electrons. The van der Waals surface area contributed by atoms with Crippen molar-refractivity contribution in [3.05, 3.63) is 29.8 Å². The van der Waals surface area contributed by atoms with Gasteiger partial charge in [-0.05, 0) is 44.9 Å². The van der Waals surface area contributed by atoms with Gasteiger partial charge in [0.2, 0.25) is 5.91 Å². The number of carbonyl (C=O) groups is 1. The molecule has 1 aromatic rings. The Hall–Kier alpha value is -1.55. The van der Waals surface area contributed by atoms with Gasteiger partial charge in [-0.2, -0.15) is 0 Å². The Morgan fingerprint density at radius 3 is 2.40 bits per heavy atom. The van der Waals surface area contributed by atoms with E-state index in [1.807, 2.05) is 52.0 Å². The minimum atomic E-state index is -0.187. The maximum absolute atomic E-state index is 11.7. The summed E-state index contributed by atoms with van der Waals surface area (Å²) in [6.45, 7) is 9.33. The third-order valence-corrected chi connectivity index (χ3v) is 2.85. The summed E-state index contributed by atoms with van der Waals surface area (Å²) in [4.78, 5) is 11.7. The van der Waals surface area contributed by atoms with E-state index >= 15 is 0 Å². The molecule has 1 atom stereocenters. The van der Waals surface area contributed by atoms with Gasteiger partial charge in [0, 0.05) is 13.1 Å². The molecule has 112 valence electrons. The predicted octanol–water partition coefficient (Wildman–Crippen LogP) is 2.48. The quantitative estimate of drug-likeness (QED) is 0.768. The van der Waals surface area contributed by atoms with E-state index in [1.54, 1.807) is 0 Å². The molecule has 0 saturated heterocycles. The lowest BCUT2D eigenvalue weighted by Gasteiger charge is -2.14. The predicted molar refractivity (Wildman–Crippen MR) is 81.8 cm³/mol. The van der Waals surface area contributed by atoms with Crippen LogP contribution in [0.15, 0.2) is 24.3 Å². The van der Waals surface area contributed by atoms with Crippen LogP contribution in [0.4, 0.5) is 0 Å². The first kappa shape index (κ1) is 16.5. The van der Waals surface area contributed by atoms with Crippen LogP contribution in [0.3, 0.4) is 0 Å². The highest BCUT2D eigenvalue weighted by Gasteiger charge is 2.10. The number of hydrogen-bond acceptors (Lipinski definition) is 3. The van der Waals surface area contributed by atoms with Crippen molar-refractivity contribution in [2.75, 3.05) is 6.54 Å². The highest BCUT2D eigenvalue weighted by molar-refractivity contribution is 5.81. The van der Waals surface area contributed by atoms with Gasteiger partial charge < -0.3 is 15.4 Å². The zero-order valence-corrected chi connectivity index (χ0v) is 12.9. The van der Waals surface area contributed by atoms with Gasteiger partial charge in [0.1, 0.15) is 5.75 Å². The molecule has 0 aliphatic heterocycles. The largest absolute Gasteiger partial charge is 0.491 e. The smallest absolute Gasteiger partial charge is 0.236 e. The number of benzene rings is 1. The Labute approximate surface area is 121 Å². The van der Waals surface area contributed by atoms with E-state index in [-0.39, 0.29) is 18.1 Å². The van der Waals surface area contributed by atoms with Crippen molar-refractivity contribution in [2.45, 2.75) is 52.8 Å². The second kappa shape index (κ2) is 8.59. The minimum Gasteiger partial charge on any atom is -0.491 e. The minimum absolute atomic E-state index is 0.0478. The highest BCUT2D eigenvalue weighted by atomic mass is 16.5. The number of nitrogens with one attached hydrogen (secondary N) is 2. The van der Waals surface area contributed by atoms with Crippen LogP contribution >= 0.6 is 0 Å². The second-order valence-corrected chi connectivity index (χ2v) is 5.20. The molecule has 0 fully saturated rings. The van der Waals surface area contributed by atoms with Crippen LogP contribution in [0.2, 0.25) is 0 Å². The molecule has 0 saturated carbocycles. The zero-order valence-electron chi connectivity index (χ0n) is 12.9. The molecule has 0 aromatic heterocycles. The lowest BCUT2D eigenvalue weighted by molar-refractivity contribution is -0.122. The first-order valence-electron chi connectivity index (χ1n) is 7.29. The van der Waals surface area contributed by atoms with Crippen LogP contribution in [-0.2, 0) is 11.3 Å². The second-order valence-electron chi connectivity index (χ2n) is 5.20. The molecule has 1 unspecified atom stereocenters. The summed E-state index contributed by atoms with van der Waals surface area (Å²) in [5.41, 5.74) is 1.14. The third-order valence-electron chi connectivity index (χ3n) is 2.85. The molecule has 4 heteroatoms. The summed E-state index contributed by atoms with van der Waals surface area (Å²) < 4.78 is 5.59. The Kier molecular flexibility index (Phi) is 7.09. The van der Waals surface area contributed by atoms with Crippen molar-refractivity contribution in [3.63, 3.8) is 0 Å². The van der Waals surface area contributed by atoms with Gasteiger partial charge in [-0.3, -0.25) is 4.79 Å². The summed E-state index contributed by atoms with van der Waals surface area (Å²) in [7, 11) is 0. The van der Waals surface area contributed by atoms with E-state index in [9.17, 15) is 4.79 Å². The Bertz CT molecular complexity index is 401. The molecule has 0 heterocycles. The fourth-order valence-corrected chi connectivity index (χ4v) is 1.72. The van der Waals surface area contributed by atoms with E-state index < -0.39 is 0 Å². The topological polar surface area (TPSA) is 50.4 Å². The molecular formula is C16H26N2O2. The van der Waals surface area contributed by atoms with E-state index in [4.69, 9.17) is 4.74 Å². The van der Waals surface area contributed by atoms with E-state index in [0.717, 1.165) is 24.3 Å². The van der Waals surface area contributed by atoms with E-state index in [1.165, 1.54) is 0 Å². The SMILES string of the molecule is CCCNC(=O)C(C)NCc1ccc(OC(C)C)cc1. The van der Waals surface area contributed by atoms with Crippen LogP contribution in [0.1, 0.15) is 39.7 Å². The van der Waals surface area contributed by atoms with Gasteiger partial charge in [-0.15, -0.1) is 0 Å². The molecule has 0 spiro atoms. The average molecular weight is 278 g/mol. The normalized spacial score (nSPS) is 12.2. The molecular weight excluding hydrogens is 252 g/mol. The maximum Gasteiger partial charge on any atom is 0.236 e. The summed E-state index contributed by atoms with van der Waals surface area (Å²) in [6.07, 6.45) is 1.14. The maximum atomic E-state index is 11.7. The lowest BCUT2D eigenvalue weighted by Crippen LogP contribution is -2.42. The van der Waals surface area contributed by atoms with E-state index in [2.05, 4.69) is 10.6 Å². The van der Waals surface area contributed by atoms with Gasteiger partial charge in [0.05, 0.1) is 12.1 Å². The highest BCUT2D eigenvalue weighted by Crippen LogP contribution is 2.13. The Morgan fingerprint density at radius 2 is 1.85 bits per heavy atom. The van der Waals surface area contributed by atoms with Crippen molar-refractivity contribution in [1.82, 2.24) is 10.6 Å². The third kappa shape index (κ3) is 6.06. The summed E-state index contributed by atoms with van der Waals surface area (Å²) in [6, 6.07) is 7.76. The van der Waals surface area contributed by atoms with Crippen molar-refractivity contribution in [2.24, 2.45) is 0 Å². The molecule has 1 amide bonds. The van der Waals surface area contributed by atoms with Gasteiger partial charge in [0.15, 0.2) is 0 Å². The fourth-order valence-electron chi connectivity index (χ4n) is 1.72. The monoisotopic (exact) mass is 278 g/mol. The Morgan fingerprint density at radius 1 is 1.20 bits per heavy atom. The molecule has 0 bridgehead atoms. The van der Waals surface area contributed by atoms with Gasteiger partial charge in [0.25, 0.3) is 0 Å². The first-order chi connectivity index (χ1) is 9.52. The molecule has 1 aromatic carbocycles. The first-order valence-corrected chi connectivity index (χ1v) is 7.29. The van der Waals surface area contributed by atoms with Crippen LogP contribution in [-0.4, -0.2) is 24.6 Å². The van der Waals surface area contributed by atoms with Crippen molar-refractivity contribution in [1.29, 1.82) is 0 Å². The number of ether oxygens (including phenoxy) is 1. The van der Waals surface area contributed by atoms with Crippen LogP contribution in [0, 0.1) is 0 Å². The van der Waals surface area contributed by atoms with Crippen molar-refractivity contribution >= 4 is 5.91 Å². The summed E-state index contributed by atoms with van der Waals surface area (Å²) in [5, 5.41) is 6.09. The molecule has 0 aliphatic carbocycles. The van der Waals surface area contributed by atoms with Crippen LogP contribution in [0.25, 0.3) is 0 Å². The van der Waals surface area contributed by atoms with Gasteiger partial charge in [-0.1, -0.05) is 19.1 Å². The molecule has 20 heavy (non-hydrogen) atoms. The number of rotatable bonds is 8. The van der Waals surface area contributed by atoms with Crippen LogP contribution in [0.5, 0.6) is 5.75 Å². The van der Waals surface area contributed by atoms with E-state index in [0.29, 0.717) is 6.54 Å². The van der Waals surface area contributed by atoms with Crippen LogP contribution < -0.4 is 15.4 Å². The number of carbonyl (C=O) groups excluding carboxylic acids is 1. The Balaban J connectivity index is 2.39. The zero-order chi connectivity index (χ0) is 15.0. The molecule has 1 rings (SSSR count). The van der Waals surface area contributed by atoms with Gasteiger partial charge >= 0.3 is 0 Å². The lowest BCUT2D eigenvalue weighted by atomic mass is 10.2. The molecule has 0 aliphatic rings. The number of hydrogen-bond donors (Lipinski definition) is 2. The average Bonchev–Trinajstić information content (AvgIpc) is 2.43. The van der Waals surface area contributed by atoms with Crippen molar-refractivity contribution < 1.29 is 9.53 Å².